The SMILES string of the molecule is CNC1=C(N(CCOC)C(=O)CN2CCCN(C(=O)OC(C)(C)C)CC2)C(=O)c2ccccc2C1=O. The first-order valence-corrected chi connectivity index (χ1v) is 12.2. The van der Waals surface area contributed by atoms with Crippen LogP contribution in [-0.4, -0.2) is 104 Å². The van der Waals surface area contributed by atoms with Crippen molar-refractivity contribution in [3.8, 4) is 0 Å². The molecule has 1 aliphatic carbocycles. The number of rotatable bonds is 7. The van der Waals surface area contributed by atoms with Crippen molar-refractivity contribution >= 4 is 23.6 Å². The van der Waals surface area contributed by atoms with Crippen molar-refractivity contribution in [2.75, 3.05) is 60.0 Å². The maximum atomic E-state index is 13.6. The van der Waals surface area contributed by atoms with Crippen LogP contribution in [0.4, 0.5) is 4.79 Å². The summed E-state index contributed by atoms with van der Waals surface area (Å²) in [6.45, 7) is 7.88. The number of carbonyl (C=O) groups is 4. The van der Waals surface area contributed by atoms with E-state index in [9.17, 15) is 19.2 Å². The molecule has 2 amide bonds. The zero-order chi connectivity index (χ0) is 26.5. The molecule has 3 rings (SSSR count). The van der Waals surface area contributed by atoms with E-state index < -0.39 is 5.60 Å². The lowest BCUT2D eigenvalue weighted by Crippen LogP contribution is -2.46. The van der Waals surface area contributed by atoms with Crippen molar-refractivity contribution in [3.05, 3.63) is 46.8 Å². The average Bonchev–Trinajstić information content (AvgIpc) is 3.07. The molecule has 2 aliphatic rings. The van der Waals surface area contributed by atoms with Gasteiger partial charge in [-0.2, -0.15) is 0 Å². The van der Waals surface area contributed by atoms with Crippen molar-refractivity contribution in [1.82, 2.24) is 20.0 Å². The van der Waals surface area contributed by atoms with Gasteiger partial charge in [0.2, 0.25) is 17.5 Å². The van der Waals surface area contributed by atoms with Gasteiger partial charge in [0.1, 0.15) is 17.0 Å². The van der Waals surface area contributed by atoms with Gasteiger partial charge in [0, 0.05) is 58.0 Å². The summed E-state index contributed by atoms with van der Waals surface area (Å²) < 4.78 is 10.7. The van der Waals surface area contributed by atoms with E-state index >= 15 is 0 Å². The van der Waals surface area contributed by atoms with Crippen LogP contribution in [0.5, 0.6) is 0 Å². The van der Waals surface area contributed by atoms with E-state index in [2.05, 4.69) is 5.32 Å². The molecule has 0 saturated carbocycles. The summed E-state index contributed by atoms with van der Waals surface area (Å²) in [7, 11) is 3.08. The van der Waals surface area contributed by atoms with E-state index in [1.54, 1.807) is 36.2 Å². The minimum Gasteiger partial charge on any atom is -0.444 e. The standard InChI is InChI=1S/C26H36N4O6/c1-26(2,3)36-25(34)29-12-8-11-28(13-14-29)17-20(31)30(15-16-35-5)22-21(27-4)23(32)18-9-6-7-10-19(18)24(22)33/h6-7,9-10,27H,8,11-17H2,1-5H3. The van der Waals surface area contributed by atoms with Crippen molar-refractivity contribution in [3.63, 3.8) is 0 Å². The summed E-state index contributed by atoms with van der Waals surface area (Å²) in [4.78, 5) is 57.6. The highest BCUT2D eigenvalue weighted by Gasteiger charge is 2.37. The van der Waals surface area contributed by atoms with Crippen LogP contribution in [0, 0.1) is 0 Å². The molecule has 1 saturated heterocycles. The highest BCUT2D eigenvalue weighted by Crippen LogP contribution is 2.27. The number of nitrogens with one attached hydrogen (secondary N) is 1. The third-order valence-corrected chi connectivity index (χ3v) is 6.03. The second-order valence-electron chi connectivity index (χ2n) is 9.81. The van der Waals surface area contributed by atoms with Gasteiger partial charge < -0.3 is 24.6 Å². The molecule has 0 bridgehead atoms. The Morgan fingerprint density at radius 2 is 1.69 bits per heavy atom. The number of ketones is 2. The molecule has 1 fully saturated rings. The topological polar surface area (TPSA) is 108 Å². The molecule has 10 nitrogen and oxygen atoms in total. The third-order valence-electron chi connectivity index (χ3n) is 6.03. The highest BCUT2D eigenvalue weighted by molar-refractivity contribution is 6.27. The second-order valence-corrected chi connectivity index (χ2v) is 9.81. The number of likely N-dealkylation sites (N-methyl/N-ethyl adjacent to an activating group) is 1. The summed E-state index contributed by atoms with van der Waals surface area (Å²) >= 11 is 0. The molecule has 10 heteroatoms. The first-order chi connectivity index (χ1) is 17.1. The minimum absolute atomic E-state index is 0.0356. The molecule has 1 aromatic carbocycles. The molecular formula is C26H36N4O6. The summed E-state index contributed by atoms with van der Waals surface area (Å²) in [6, 6.07) is 6.61. The number of nitrogens with zero attached hydrogens (tertiary/aromatic N) is 3. The summed E-state index contributed by atoms with van der Waals surface area (Å²) in [5.41, 5.74) is 0.130. The molecule has 0 radical (unpaired) electrons. The number of fused-ring (bicyclic) bond motifs is 1. The van der Waals surface area contributed by atoms with Crippen LogP contribution in [0.15, 0.2) is 35.7 Å². The van der Waals surface area contributed by atoms with Gasteiger partial charge in [0.25, 0.3) is 0 Å². The fraction of sp³-hybridized carbons (Fsp3) is 0.538. The largest absolute Gasteiger partial charge is 0.444 e. The molecule has 196 valence electrons. The van der Waals surface area contributed by atoms with Crippen molar-refractivity contribution in [1.29, 1.82) is 0 Å². The predicted octanol–water partition coefficient (Wildman–Crippen LogP) is 1.91. The number of carbonyl (C=O) groups excluding carboxylic acids is 4. The molecule has 1 aromatic rings. The molecule has 1 aliphatic heterocycles. The Kier molecular flexibility index (Phi) is 8.86. The van der Waals surface area contributed by atoms with Gasteiger partial charge in [-0.05, 0) is 27.2 Å². The van der Waals surface area contributed by atoms with E-state index in [0.29, 0.717) is 38.2 Å². The van der Waals surface area contributed by atoms with Crippen LogP contribution in [0.1, 0.15) is 47.9 Å². The van der Waals surface area contributed by atoms with E-state index in [4.69, 9.17) is 9.47 Å². The Morgan fingerprint density at radius 3 is 2.31 bits per heavy atom. The molecule has 1 heterocycles. The van der Waals surface area contributed by atoms with Crippen LogP contribution in [0.25, 0.3) is 0 Å². The van der Waals surface area contributed by atoms with Crippen LogP contribution < -0.4 is 5.32 Å². The van der Waals surface area contributed by atoms with Crippen LogP contribution in [0.2, 0.25) is 0 Å². The zero-order valence-electron chi connectivity index (χ0n) is 21.8. The number of ether oxygens (including phenoxy) is 2. The Bertz CT molecular complexity index is 1050. The zero-order valence-corrected chi connectivity index (χ0v) is 21.8. The van der Waals surface area contributed by atoms with E-state index in [1.807, 2.05) is 25.7 Å². The first-order valence-electron chi connectivity index (χ1n) is 12.2. The van der Waals surface area contributed by atoms with E-state index in [0.717, 1.165) is 0 Å². The van der Waals surface area contributed by atoms with Gasteiger partial charge in [-0.3, -0.25) is 19.3 Å². The van der Waals surface area contributed by atoms with Gasteiger partial charge in [-0.25, -0.2) is 4.79 Å². The average molecular weight is 501 g/mol. The molecule has 0 aromatic heterocycles. The van der Waals surface area contributed by atoms with E-state index in [1.165, 1.54) is 12.0 Å². The number of benzene rings is 1. The Morgan fingerprint density at radius 1 is 1.03 bits per heavy atom. The summed E-state index contributed by atoms with van der Waals surface area (Å²) in [5.74, 6) is -1.03. The van der Waals surface area contributed by atoms with Gasteiger partial charge in [0.05, 0.1) is 13.2 Å². The molecule has 36 heavy (non-hydrogen) atoms. The Balaban J connectivity index is 1.79. The van der Waals surface area contributed by atoms with Crippen molar-refractivity contribution in [2.24, 2.45) is 0 Å². The number of hydrogen-bond donors (Lipinski definition) is 1. The lowest BCUT2D eigenvalue weighted by molar-refractivity contribution is -0.130. The van der Waals surface area contributed by atoms with Crippen LogP contribution >= 0.6 is 0 Å². The second kappa shape index (κ2) is 11.7. The molecule has 0 atom stereocenters. The van der Waals surface area contributed by atoms with Gasteiger partial charge in [0.15, 0.2) is 0 Å². The fourth-order valence-electron chi connectivity index (χ4n) is 4.31. The number of allylic oxidation sites excluding steroid dienone is 2. The molecule has 0 unspecified atom stereocenters. The Hall–Kier alpha value is -3.24. The van der Waals surface area contributed by atoms with Crippen LogP contribution in [0.3, 0.4) is 0 Å². The number of hydrogen-bond acceptors (Lipinski definition) is 8. The quantitative estimate of drug-likeness (QED) is 0.605. The van der Waals surface area contributed by atoms with Crippen molar-refractivity contribution < 1.29 is 28.7 Å². The normalized spacial score (nSPS) is 17.0. The smallest absolute Gasteiger partial charge is 0.410 e. The molecule has 1 N–H and O–H groups in total. The van der Waals surface area contributed by atoms with E-state index in [-0.39, 0.29) is 60.2 Å². The van der Waals surface area contributed by atoms with Gasteiger partial charge in [-0.1, -0.05) is 24.3 Å². The van der Waals surface area contributed by atoms with Gasteiger partial charge in [-0.15, -0.1) is 0 Å². The number of amides is 2. The van der Waals surface area contributed by atoms with Gasteiger partial charge >= 0.3 is 6.09 Å². The minimum atomic E-state index is -0.581. The van der Waals surface area contributed by atoms with Crippen LogP contribution in [-0.2, 0) is 14.3 Å². The van der Waals surface area contributed by atoms with Crippen molar-refractivity contribution in [2.45, 2.75) is 32.8 Å². The summed E-state index contributed by atoms with van der Waals surface area (Å²) in [5, 5.41) is 2.84. The maximum Gasteiger partial charge on any atom is 0.410 e. The molecular weight excluding hydrogens is 464 g/mol. The summed E-state index contributed by atoms with van der Waals surface area (Å²) in [6.07, 6.45) is 0.311. The number of methoxy groups -OCH3 is 1. The highest BCUT2D eigenvalue weighted by atomic mass is 16.6. The maximum absolute atomic E-state index is 13.6. The number of Topliss-reactive ketones (excluding diaryl/α,β-unsaturated/α-hetero) is 2. The lowest BCUT2D eigenvalue weighted by Gasteiger charge is -2.31. The fourth-order valence-corrected chi connectivity index (χ4v) is 4.31. The third kappa shape index (κ3) is 6.30. The first kappa shape index (κ1) is 27.3. The predicted molar refractivity (Wildman–Crippen MR) is 134 cm³/mol. The molecule has 0 spiro atoms. The Labute approximate surface area is 212 Å². The lowest BCUT2D eigenvalue weighted by atomic mass is 9.89. The monoisotopic (exact) mass is 500 g/mol.